The molecule has 0 unspecified atom stereocenters. The van der Waals surface area contributed by atoms with Crippen LogP contribution in [-0.2, 0) is 49.9 Å². The van der Waals surface area contributed by atoms with Crippen molar-refractivity contribution in [2.45, 2.75) is 118 Å². The van der Waals surface area contributed by atoms with Crippen molar-refractivity contribution in [2.24, 2.45) is 0 Å². The van der Waals surface area contributed by atoms with E-state index < -0.39 is 0 Å². The molecule has 3 amide bonds. The van der Waals surface area contributed by atoms with Crippen LogP contribution in [-0.4, -0.2) is 98.6 Å². The zero-order valence-electron chi connectivity index (χ0n) is 53.1. The van der Waals surface area contributed by atoms with E-state index in [-0.39, 0.29) is 34.0 Å². The van der Waals surface area contributed by atoms with E-state index in [1.165, 1.54) is 0 Å². The molecule has 0 bridgehead atoms. The van der Waals surface area contributed by atoms with E-state index in [9.17, 15) is 14.4 Å². The summed E-state index contributed by atoms with van der Waals surface area (Å²) >= 11 is 5.96. The molecule has 0 atom stereocenters. The lowest BCUT2D eigenvalue weighted by molar-refractivity contribution is -0.115. The van der Waals surface area contributed by atoms with Gasteiger partial charge in [0.25, 0.3) is 0 Å². The highest BCUT2D eigenvalue weighted by molar-refractivity contribution is 6.30. The highest BCUT2D eigenvalue weighted by atomic mass is 35.5. The average Bonchev–Trinajstić information content (AvgIpc) is 1.87. The number of benzene rings is 5. The molecule has 7 heterocycles. The van der Waals surface area contributed by atoms with E-state index in [1.807, 2.05) is 118 Å². The van der Waals surface area contributed by atoms with Crippen LogP contribution >= 0.6 is 11.6 Å². The predicted octanol–water partition coefficient (Wildman–Crippen LogP) is 13.1. The molecule has 23 nitrogen and oxygen atoms in total. The maximum Gasteiger partial charge on any atom is 0.232 e. The van der Waals surface area contributed by atoms with Crippen molar-refractivity contribution in [2.75, 3.05) is 74.0 Å². The van der Waals surface area contributed by atoms with Gasteiger partial charge in [0.15, 0.2) is 0 Å². The summed E-state index contributed by atoms with van der Waals surface area (Å²) in [5, 5.41) is 29.9. The number of fused-ring (bicyclic) bond motifs is 4. The van der Waals surface area contributed by atoms with Crippen LogP contribution < -0.4 is 47.9 Å². The maximum absolute atomic E-state index is 11.6. The van der Waals surface area contributed by atoms with E-state index in [4.69, 9.17) is 11.6 Å². The number of nitrogens with one attached hydrogen (secondary N) is 9. The van der Waals surface area contributed by atoms with Crippen molar-refractivity contribution < 1.29 is 14.4 Å². The van der Waals surface area contributed by atoms with Crippen molar-refractivity contribution in [3.05, 3.63) is 155 Å². The van der Waals surface area contributed by atoms with Gasteiger partial charge >= 0.3 is 0 Å². The van der Waals surface area contributed by atoms with Crippen LogP contribution in [0.5, 0.6) is 0 Å². The maximum atomic E-state index is 11.6. The zero-order chi connectivity index (χ0) is 64.6. The molecule has 470 valence electrons. The van der Waals surface area contributed by atoms with Crippen LogP contribution in [0.15, 0.2) is 115 Å². The third-order valence-electron chi connectivity index (χ3n) is 14.7. The van der Waals surface area contributed by atoms with Crippen molar-refractivity contribution >= 4 is 121 Å². The molecule has 0 fully saturated rings. The first-order chi connectivity index (χ1) is 43.4. The van der Waals surface area contributed by atoms with Gasteiger partial charge in [-0.3, -0.25) is 19.4 Å². The Bertz CT molecular complexity index is 4140. The van der Waals surface area contributed by atoms with Crippen LogP contribution in [0, 0.1) is 0 Å². The Kier molecular flexibility index (Phi) is 19.3. The minimum Gasteiger partial charge on any atom is -0.354 e. The fourth-order valence-electron chi connectivity index (χ4n) is 9.74. The summed E-state index contributed by atoms with van der Waals surface area (Å²) in [4.78, 5) is 82.9. The third kappa shape index (κ3) is 17.2. The van der Waals surface area contributed by atoms with Crippen molar-refractivity contribution in [3.8, 4) is 0 Å². The van der Waals surface area contributed by atoms with E-state index in [0.717, 1.165) is 112 Å². The predicted molar refractivity (Wildman–Crippen MR) is 362 cm³/mol. The van der Waals surface area contributed by atoms with Crippen LogP contribution in [0.3, 0.4) is 0 Å². The molecule has 9 N–H and O–H groups in total. The second-order valence-electron chi connectivity index (χ2n) is 25.3. The van der Waals surface area contributed by atoms with Crippen molar-refractivity contribution in [1.29, 1.82) is 0 Å². The fraction of sp³-hybridized carbons (Fsp3) is 0.328. The molecule has 9 aromatic rings. The molecule has 24 heteroatoms. The first-order valence-electron chi connectivity index (χ1n) is 30.4. The molecule has 0 radical (unpaired) electrons. The first kappa shape index (κ1) is 64.0. The number of hydrogen-bond donors (Lipinski definition) is 9. The second-order valence-corrected chi connectivity index (χ2v) is 25.7. The van der Waals surface area contributed by atoms with E-state index in [0.29, 0.717) is 71.6 Å². The number of carbonyl (C=O) groups excluding carboxylic acids is 3. The summed E-state index contributed by atoms with van der Waals surface area (Å²) in [6, 6.07) is 34.4. The third-order valence-corrected chi connectivity index (χ3v) is 14.9. The topological polar surface area (TPSA) is 292 Å². The zero-order valence-corrected chi connectivity index (χ0v) is 53.9. The Morgan fingerprint density at radius 3 is 1.22 bits per heavy atom. The quantitative estimate of drug-likeness (QED) is 0.0383. The van der Waals surface area contributed by atoms with Gasteiger partial charge in [-0.2, -0.15) is 44.9 Å². The molecule has 0 spiro atoms. The number of pyridine rings is 1. The van der Waals surface area contributed by atoms with Gasteiger partial charge < -0.3 is 52.8 Å². The monoisotopic (exact) mass is 1240 g/mol. The number of halogens is 1. The Balaban J connectivity index is 0.000000150. The van der Waals surface area contributed by atoms with Crippen LogP contribution in [0.1, 0.15) is 117 Å². The van der Waals surface area contributed by atoms with Gasteiger partial charge in [-0.15, -0.1) is 0 Å². The van der Waals surface area contributed by atoms with Crippen LogP contribution in [0.25, 0.3) is 10.9 Å². The highest BCUT2D eigenvalue weighted by Gasteiger charge is 2.26. The molecule has 3 aliphatic heterocycles. The van der Waals surface area contributed by atoms with E-state index >= 15 is 0 Å². The fourth-order valence-corrected chi connectivity index (χ4v) is 9.87. The molecular formula is C67H77ClN20O3. The number of hydrogen-bond acceptors (Lipinski definition) is 20. The summed E-state index contributed by atoms with van der Waals surface area (Å²) in [7, 11) is 0. The van der Waals surface area contributed by atoms with Crippen LogP contribution in [0.2, 0.25) is 5.02 Å². The summed E-state index contributed by atoms with van der Waals surface area (Å²) in [5.74, 6) is 4.87. The SMILES string of the molecule is CC(C)(C)c1nc(Nc2ccc(Cl)cc2)nc(Nc2ccc3c(c2)NC(=O)C3)n1.CC(C)(C)c1nc(Nc2ccc3c(c2)NC(=O)C3)nc(Nc2ccc3ncccc3c2)n1.CCN(CC)CCCNc1nc(Nc2ccc3c(c2)NC(=O)C3)nc(C(C)(C)C)n1. The van der Waals surface area contributed by atoms with Gasteiger partial charge in [-0.25, -0.2) is 0 Å². The Morgan fingerprint density at radius 2 is 0.813 bits per heavy atom. The lowest BCUT2D eigenvalue weighted by atomic mass is 9.96. The largest absolute Gasteiger partial charge is 0.354 e. The summed E-state index contributed by atoms with van der Waals surface area (Å²) in [5.41, 5.74) is 9.72. The molecule has 0 aliphatic carbocycles. The standard InChI is InChI=1S/C24H23N7O.C22H33N7O.C21H21ClN6O/c1-24(2,3)21-29-22(26-16-8-9-18-14(11-16)5-4-10-25-18)31-23(30-21)27-17-7-6-15-12-20(32)28-19(15)13-17;1-6-29(7-2)12-8-11-23-20-26-19(22(3,4)5)27-21(28-20)24-16-10-9-15-13-18(30)25-17(15)14-16;1-21(2,3)18-26-19(23-14-8-5-13(22)6-9-14)28-20(27-18)24-15-7-4-12-10-17(29)25-16(12)11-15/h4-11,13H,12H2,1-3H3,(H,28,32)(H2,26,27,29,30,31);9-10,14H,6-8,11-13H2,1-5H3,(H,25,30)(H2,23,24,26,27,28);4-9,11H,10H2,1-3H3,(H,25,29)(H2,23,24,26,27,28). The average molecular weight is 1250 g/mol. The lowest BCUT2D eigenvalue weighted by Crippen LogP contribution is -2.26. The molecule has 3 aliphatic rings. The van der Waals surface area contributed by atoms with Crippen LogP contribution in [0.4, 0.5) is 81.2 Å². The first-order valence-corrected chi connectivity index (χ1v) is 30.8. The van der Waals surface area contributed by atoms with Crippen molar-refractivity contribution in [1.82, 2.24) is 54.7 Å². The Labute approximate surface area is 534 Å². The van der Waals surface area contributed by atoms with E-state index in [2.05, 4.69) is 158 Å². The number of aromatic nitrogens is 10. The van der Waals surface area contributed by atoms with Gasteiger partial charge in [0.2, 0.25) is 53.4 Å². The number of nitrogens with zero attached hydrogens (tertiary/aromatic N) is 11. The highest BCUT2D eigenvalue weighted by Crippen LogP contribution is 2.33. The molecule has 0 saturated heterocycles. The number of anilines is 14. The second kappa shape index (κ2) is 27.4. The molecular weight excluding hydrogens is 1170 g/mol. The summed E-state index contributed by atoms with van der Waals surface area (Å²) in [6.45, 7) is 26.9. The minimum absolute atomic E-state index is 0.00165. The molecule has 5 aromatic carbocycles. The van der Waals surface area contributed by atoms with Gasteiger partial charge in [-0.05, 0) is 128 Å². The smallest absolute Gasteiger partial charge is 0.232 e. The molecule has 12 rings (SSSR count). The Morgan fingerprint density at radius 1 is 0.451 bits per heavy atom. The number of carbonyl (C=O) groups is 3. The Hall–Kier alpha value is -10.0. The number of amides is 3. The van der Waals surface area contributed by atoms with Crippen molar-refractivity contribution in [3.63, 3.8) is 0 Å². The normalized spacial score (nSPS) is 13.1. The van der Waals surface area contributed by atoms with E-state index in [1.54, 1.807) is 18.3 Å². The van der Waals surface area contributed by atoms with Gasteiger partial charge in [-0.1, -0.05) is 112 Å². The minimum atomic E-state index is -0.269. The molecule has 4 aromatic heterocycles. The van der Waals surface area contributed by atoms with Gasteiger partial charge in [0, 0.05) is 84.9 Å². The molecule has 0 saturated carbocycles. The summed E-state index contributed by atoms with van der Waals surface area (Å²) < 4.78 is 0. The van der Waals surface area contributed by atoms with Gasteiger partial charge in [0.05, 0.1) is 24.8 Å². The lowest BCUT2D eigenvalue weighted by Gasteiger charge is -2.20. The molecule has 91 heavy (non-hydrogen) atoms. The number of rotatable bonds is 17. The van der Waals surface area contributed by atoms with Gasteiger partial charge in [0.1, 0.15) is 17.5 Å². The summed E-state index contributed by atoms with van der Waals surface area (Å²) in [6.07, 6.45) is 4.04.